The molecule has 1 N–H and O–H groups in total. The van der Waals surface area contributed by atoms with Gasteiger partial charge in [0.25, 0.3) is 0 Å². The molecule has 1 saturated heterocycles. The van der Waals surface area contributed by atoms with Crippen molar-refractivity contribution in [2.45, 2.75) is 12.5 Å². The van der Waals surface area contributed by atoms with Crippen LogP contribution in [0, 0.1) is 0 Å². The van der Waals surface area contributed by atoms with Gasteiger partial charge in [0.05, 0.1) is 18.2 Å². The van der Waals surface area contributed by atoms with Crippen molar-refractivity contribution in [3.8, 4) is 10.6 Å². The number of aliphatic hydroxyl groups excluding tert-OH is 1. The molecule has 0 atom stereocenters. The third-order valence-electron chi connectivity index (χ3n) is 3.01. The van der Waals surface area contributed by atoms with Crippen LogP contribution >= 0.6 is 11.3 Å². The van der Waals surface area contributed by atoms with Crippen molar-refractivity contribution in [3.63, 3.8) is 0 Å². The van der Waals surface area contributed by atoms with Gasteiger partial charge in [-0.15, -0.1) is 11.3 Å². The highest BCUT2D eigenvalue weighted by atomic mass is 32.1. The fourth-order valence-corrected chi connectivity index (χ4v) is 2.75. The maximum Gasteiger partial charge on any atom is 0.228 e. The number of nitrogens with zero attached hydrogens (tertiary/aromatic N) is 3. The molecule has 0 aliphatic carbocycles. The van der Waals surface area contributed by atoms with Gasteiger partial charge in [-0.25, -0.2) is 4.98 Å². The van der Waals surface area contributed by atoms with Crippen molar-refractivity contribution < 1.29 is 9.90 Å². The molecule has 5 nitrogen and oxygen atoms in total. The van der Waals surface area contributed by atoms with Gasteiger partial charge in [-0.3, -0.25) is 9.78 Å². The van der Waals surface area contributed by atoms with E-state index in [1.165, 1.54) is 11.3 Å². The summed E-state index contributed by atoms with van der Waals surface area (Å²) in [4.78, 5) is 22.0. The van der Waals surface area contributed by atoms with Crippen LogP contribution in [-0.2, 0) is 11.2 Å². The molecule has 0 spiro atoms. The smallest absolute Gasteiger partial charge is 0.228 e. The monoisotopic (exact) mass is 275 g/mol. The van der Waals surface area contributed by atoms with Gasteiger partial charge in [-0.1, -0.05) is 0 Å². The zero-order chi connectivity index (χ0) is 13.2. The van der Waals surface area contributed by atoms with Crippen molar-refractivity contribution in [2.24, 2.45) is 0 Å². The number of hydrogen-bond donors (Lipinski definition) is 1. The molecule has 6 heteroatoms. The summed E-state index contributed by atoms with van der Waals surface area (Å²) < 4.78 is 0. The van der Waals surface area contributed by atoms with Gasteiger partial charge < -0.3 is 10.0 Å². The summed E-state index contributed by atoms with van der Waals surface area (Å²) in [7, 11) is 0. The van der Waals surface area contributed by atoms with Crippen LogP contribution in [-0.4, -0.2) is 45.1 Å². The number of thiazole rings is 1. The Bertz CT molecular complexity index is 579. The first-order valence-electron chi connectivity index (χ1n) is 6.03. The third kappa shape index (κ3) is 2.64. The lowest BCUT2D eigenvalue weighted by molar-refractivity contribution is -0.140. The average Bonchev–Trinajstić information content (AvgIpc) is 2.84. The lowest BCUT2D eigenvalue weighted by atomic mass is 10.1. The van der Waals surface area contributed by atoms with Crippen molar-refractivity contribution in [2.75, 3.05) is 13.1 Å². The van der Waals surface area contributed by atoms with E-state index in [2.05, 4.69) is 9.97 Å². The summed E-state index contributed by atoms with van der Waals surface area (Å²) in [5, 5.41) is 11.9. The van der Waals surface area contributed by atoms with E-state index in [-0.39, 0.29) is 12.0 Å². The average molecular weight is 275 g/mol. The summed E-state index contributed by atoms with van der Waals surface area (Å²) in [6, 6.07) is 3.81. The van der Waals surface area contributed by atoms with E-state index < -0.39 is 0 Å². The normalized spacial score (nSPS) is 15.3. The number of carbonyl (C=O) groups is 1. The molecule has 19 heavy (non-hydrogen) atoms. The molecule has 1 fully saturated rings. The topological polar surface area (TPSA) is 66.3 Å². The molecule has 98 valence electrons. The highest BCUT2D eigenvalue weighted by molar-refractivity contribution is 7.13. The Labute approximate surface area is 114 Å². The summed E-state index contributed by atoms with van der Waals surface area (Å²) in [6.07, 6.45) is 3.42. The molecule has 3 rings (SSSR count). The number of aromatic nitrogens is 2. The first-order valence-corrected chi connectivity index (χ1v) is 6.91. The van der Waals surface area contributed by atoms with Gasteiger partial charge in [0, 0.05) is 36.4 Å². The minimum atomic E-state index is -0.356. The quantitative estimate of drug-likeness (QED) is 0.905. The van der Waals surface area contributed by atoms with Gasteiger partial charge in [-0.05, 0) is 12.1 Å². The Morgan fingerprint density at radius 3 is 3.05 bits per heavy atom. The molecule has 2 aromatic rings. The number of carbonyl (C=O) groups excluding carboxylic acids is 1. The minimum Gasteiger partial charge on any atom is -0.389 e. The van der Waals surface area contributed by atoms with Crippen LogP contribution in [0.2, 0.25) is 0 Å². The van der Waals surface area contributed by atoms with Crippen LogP contribution < -0.4 is 0 Å². The second kappa shape index (κ2) is 5.07. The molecule has 0 saturated carbocycles. The Balaban J connectivity index is 1.67. The summed E-state index contributed by atoms with van der Waals surface area (Å²) in [6.45, 7) is 0.886. The van der Waals surface area contributed by atoms with Crippen molar-refractivity contribution >= 4 is 17.2 Å². The SMILES string of the molecule is O=C(Cc1csc(-c2cccnc2)n1)N1CC(O)C1. The maximum absolute atomic E-state index is 11.9. The number of amides is 1. The molecule has 1 aliphatic heterocycles. The second-order valence-electron chi connectivity index (χ2n) is 4.52. The Morgan fingerprint density at radius 2 is 2.37 bits per heavy atom. The number of β-amino-alcohol motifs (C(OH)–C–C–N with tert-alkyl or cyclic N) is 1. The van der Waals surface area contributed by atoms with Crippen LogP contribution in [0.4, 0.5) is 0 Å². The van der Waals surface area contributed by atoms with Gasteiger partial charge in [0.1, 0.15) is 5.01 Å². The van der Waals surface area contributed by atoms with Gasteiger partial charge in [0.2, 0.25) is 5.91 Å². The van der Waals surface area contributed by atoms with Gasteiger partial charge >= 0.3 is 0 Å². The lowest BCUT2D eigenvalue weighted by Gasteiger charge is -2.35. The number of rotatable bonds is 3. The minimum absolute atomic E-state index is 0.0216. The summed E-state index contributed by atoms with van der Waals surface area (Å²) >= 11 is 1.51. The third-order valence-corrected chi connectivity index (χ3v) is 3.95. The number of pyridine rings is 1. The molecule has 3 heterocycles. The Morgan fingerprint density at radius 1 is 1.53 bits per heavy atom. The lowest BCUT2D eigenvalue weighted by Crippen LogP contribution is -2.53. The first-order chi connectivity index (χ1) is 9.22. The van der Waals surface area contributed by atoms with Crippen LogP contribution in [0.25, 0.3) is 10.6 Å². The molecular weight excluding hydrogens is 262 g/mol. The van der Waals surface area contributed by atoms with Crippen molar-refractivity contribution in [1.82, 2.24) is 14.9 Å². The number of likely N-dealkylation sites (tertiary alicyclic amines) is 1. The number of aliphatic hydroxyl groups is 1. The van der Waals surface area contributed by atoms with E-state index >= 15 is 0 Å². The largest absolute Gasteiger partial charge is 0.389 e. The molecule has 0 radical (unpaired) electrons. The van der Waals surface area contributed by atoms with Crippen LogP contribution in [0.3, 0.4) is 0 Å². The summed E-state index contributed by atoms with van der Waals surface area (Å²) in [5.41, 5.74) is 1.74. The standard InChI is InChI=1S/C13H13N3O2S/c17-11-6-16(7-11)12(18)4-10-8-19-13(15-10)9-2-1-3-14-5-9/h1-3,5,8,11,17H,4,6-7H2. The maximum atomic E-state index is 11.9. The van der Waals surface area contributed by atoms with Crippen LogP contribution in [0.5, 0.6) is 0 Å². The Kier molecular flexibility index (Phi) is 3.27. The summed E-state index contributed by atoms with van der Waals surface area (Å²) in [5.74, 6) is 0.0216. The zero-order valence-corrected chi connectivity index (χ0v) is 11.0. The van der Waals surface area contributed by atoms with Crippen molar-refractivity contribution in [1.29, 1.82) is 0 Å². The second-order valence-corrected chi connectivity index (χ2v) is 5.37. The first kappa shape index (κ1) is 12.3. The van der Waals surface area contributed by atoms with E-state index in [1.807, 2.05) is 17.5 Å². The highest BCUT2D eigenvalue weighted by Crippen LogP contribution is 2.23. The predicted molar refractivity (Wildman–Crippen MR) is 71.6 cm³/mol. The Hall–Kier alpha value is -1.79. The van der Waals surface area contributed by atoms with E-state index in [9.17, 15) is 9.90 Å². The van der Waals surface area contributed by atoms with E-state index in [4.69, 9.17) is 0 Å². The van der Waals surface area contributed by atoms with Crippen LogP contribution in [0.1, 0.15) is 5.69 Å². The molecular formula is C13H13N3O2S. The molecule has 0 unspecified atom stereocenters. The number of hydrogen-bond acceptors (Lipinski definition) is 5. The van der Waals surface area contributed by atoms with Crippen LogP contribution in [0.15, 0.2) is 29.9 Å². The molecule has 0 bridgehead atoms. The fraction of sp³-hybridized carbons (Fsp3) is 0.308. The fourth-order valence-electron chi connectivity index (χ4n) is 1.94. The van der Waals surface area contributed by atoms with E-state index in [0.717, 1.165) is 16.3 Å². The molecule has 1 aliphatic rings. The van der Waals surface area contributed by atoms with E-state index in [1.54, 1.807) is 17.3 Å². The molecule has 1 amide bonds. The van der Waals surface area contributed by atoms with E-state index in [0.29, 0.717) is 19.5 Å². The highest BCUT2D eigenvalue weighted by Gasteiger charge is 2.28. The molecule has 2 aromatic heterocycles. The van der Waals surface area contributed by atoms with Gasteiger partial charge in [0.15, 0.2) is 0 Å². The predicted octanol–water partition coefficient (Wildman–Crippen LogP) is 0.951. The van der Waals surface area contributed by atoms with Gasteiger partial charge in [-0.2, -0.15) is 0 Å². The molecule has 0 aromatic carbocycles. The van der Waals surface area contributed by atoms with Crippen molar-refractivity contribution in [3.05, 3.63) is 35.6 Å². The zero-order valence-electron chi connectivity index (χ0n) is 10.2.